The summed E-state index contributed by atoms with van der Waals surface area (Å²) in [4.78, 5) is 31.0. The van der Waals surface area contributed by atoms with Crippen molar-refractivity contribution in [2.75, 3.05) is 18.1 Å². The lowest BCUT2D eigenvalue weighted by Crippen LogP contribution is -2.34. The summed E-state index contributed by atoms with van der Waals surface area (Å²) in [7, 11) is 0. The molecule has 1 unspecified atom stereocenters. The molecule has 2 N–H and O–H groups in total. The summed E-state index contributed by atoms with van der Waals surface area (Å²) in [6.45, 7) is 0.958. The lowest BCUT2D eigenvalue weighted by atomic mass is 10.1. The number of hydrogen-bond donors (Lipinski definition) is 2. The van der Waals surface area contributed by atoms with Gasteiger partial charge < -0.3 is 24.4 Å². The third-order valence-electron chi connectivity index (χ3n) is 6.34. The molecule has 1 saturated heterocycles. The van der Waals surface area contributed by atoms with Gasteiger partial charge in [-0.1, -0.05) is 23.2 Å². The molecule has 1 aliphatic heterocycles. The number of ether oxygens (including phenoxy) is 1. The minimum absolute atomic E-state index is 0.0643. The monoisotopic (exact) mass is 543 g/mol. The second-order valence-corrected chi connectivity index (χ2v) is 9.41. The Labute approximate surface area is 220 Å². The van der Waals surface area contributed by atoms with Crippen LogP contribution in [-0.2, 0) is 0 Å². The van der Waals surface area contributed by atoms with E-state index < -0.39 is 28.5 Å². The van der Waals surface area contributed by atoms with Crippen LogP contribution in [0.15, 0.2) is 59.7 Å². The molecule has 8 nitrogen and oxygen atoms in total. The molecule has 2 aromatic heterocycles. The van der Waals surface area contributed by atoms with Crippen LogP contribution in [0, 0.1) is 5.82 Å². The molecular formula is C26H20Cl2FN3O5. The highest BCUT2D eigenvalue weighted by molar-refractivity contribution is 6.34. The number of carboxylic acid groups (broad SMARTS) is 1. The summed E-state index contributed by atoms with van der Waals surface area (Å²) >= 11 is 12.8. The third-order valence-corrected chi connectivity index (χ3v) is 6.93. The first-order chi connectivity index (χ1) is 17.7. The summed E-state index contributed by atoms with van der Waals surface area (Å²) in [5.41, 5.74) is -0.0362. The van der Waals surface area contributed by atoms with E-state index in [0.29, 0.717) is 35.3 Å². The zero-order chi connectivity index (χ0) is 26.3. The number of phenols is 1. The van der Waals surface area contributed by atoms with Crippen molar-refractivity contribution in [1.82, 2.24) is 9.55 Å². The number of nitrogens with zero attached hydrogens (tertiary/aromatic N) is 3. The number of halogens is 3. The van der Waals surface area contributed by atoms with Crippen LogP contribution in [0.3, 0.4) is 0 Å². The van der Waals surface area contributed by atoms with Crippen molar-refractivity contribution in [3.63, 3.8) is 0 Å². The van der Waals surface area contributed by atoms with Gasteiger partial charge in [-0.05, 0) is 49.2 Å². The van der Waals surface area contributed by atoms with Crippen LogP contribution in [0.2, 0.25) is 10.0 Å². The minimum Gasteiger partial charge on any atom is -0.505 e. The molecule has 0 spiro atoms. The number of aromatic nitrogens is 2. The van der Waals surface area contributed by atoms with Crippen molar-refractivity contribution in [2.24, 2.45) is 0 Å². The van der Waals surface area contributed by atoms with Crippen molar-refractivity contribution in [1.29, 1.82) is 0 Å². The largest absolute Gasteiger partial charge is 0.505 e. The lowest BCUT2D eigenvalue weighted by Gasteiger charge is -2.28. The first-order valence-corrected chi connectivity index (χ1v) is 12.1. The van der Waals surface area contributed by atoms with Crippen molar-refractivity contribution >= 4 is 45.8 Å². The van der Waals surface area contributed by atoms with Gasteiger partial charge in [-0.2, -0.15) is 0 Å². The van der Waals surface area contributed by atoms with Crippen LogP contribution in [0.1, 0.15) is 23.2 Å². The Hall–Kier alpha value is -3.82. The van der Waals surface area contributed by atoms with Crippen LogP contribution in [0.5, 0.6) is 11.6 Å². The van der Waals surface area contributed by atoms with Gasteiger partial charge in [-0.3, -0.25) is 4.79 Å². The standard InChI is InChI=1S/C26H20Cl2FN3O5/c27-18-4-1-7-30-25(18)37-13-15-3-2-8-31(15)22-11-21-16(10-19(22)28)24(34)17(26(35)36)12-32(21)14-5-6-23(33)20(29)9-14/h1,4-7,9-12,15,33H,2-3,8,13H2,(H,35,36). The van der Waals surface area contributed by atoms with Gasteiger partial charge in [0.25, 0.3) is 0 Å². The molecule has 0 aliphatic carbocycles. The molecule has 1 aliphatic rings. The van der Waals surface area contributed by atoms with Crippen molar-refractivity contribution in [3.8, 4) is 17.3 Å². The normalized spacial score (nSPS) is 15.3. The Morgan fingerprint density at radius 3 is 2.73 bits per heavy atom. The second-order valence-electron chi connectivity index (χ2n) is 8.59. The van der Waals surface area contributed by atoms with E-state index in [2.05, 4.69) is 9.88 Å². The van der Waals surface area contributed by atoms with E-state index >= 15 is 0 Å². The van der Waals surface area contributed by atoms with E-state index in [4.69, 9.17) is 27.9 Å². The highest BCUT2D eigenvalue weighted by Gasteiger charge is 2.28. The molecule has 0 bridgehead atoms. The minimum atomic E-state index is -1.43. The fourth-order valence-electron chi connectivity index (χ4n) is 4.54. The van der Waals surface area contributed by atoms with Crippen LogP contribution in [0.4, 0.5) is 10.1 Å². The molecule has 3 heterocycles. The quantitative estimate of drug-likeness (QED) is 0.340. The molecule has 11 heteroatoms. The highest BCUT2D eigenvalue weighted by Crippen LogP contribution is 2.36. The Morgan fingerprint density at radius 1 is 1.19 bits per heavy atom. The van der Waals surface area contributed by atoms with E-state index in [0.717, 1.165) is 31.2 Å². The molecule has 4 aromatic rings. The average Bonchev–Trinajstić information content (AvgIpc) is 3.33. The number of fused-ring (bicyclic) bond motifs is 1. The van der Waals surface area contributed by atoms with E-state index in [9.17, 15) is 24.2 Å². The SMILES string of the molecule is O=C(O)c1cn(-c2ccc(O)c(F)c2)c2cc(N3CCCC3COc3ncccc3Cl)c(Cl)cc2c1=O. The van der Waals surface area contributed by atoms with E-state index in [-0.39, 0.29) is 22.1 Å². The molecular weight excluding hydrogens is 524 g/mol. The zero-order valence-corrected chi connectivity index (χ0v) is 20.7. The first-order valence-electron chi connectivity index (χ1n) is 11.4. The summed E-state index contributed by atoms with van der Waals surface area (Å²) in [5, 5.41) is 19.9. The van der Waals surface area contributed by atoms with E-state index in [1.165, 1.54) is 16.7 Å². The topological polar surface area (TPSA) is 105 Å². The van der Waals surface area contributed by atoms with Gasteiger partial charge >= 0.3 is 5.97 Å². The summed E-state index contributed by atoms with van der Waals surface area (Å²) in [6, 6.07) is 10.1. The van der Waals surface area contributed by atoms with Crippen molar-refractivity contribution < 1.29 is 24.1 Å². The van der Waals surface area contributed by atoms with Gasteiger partial charge in [-0.25, -0.2) is 14.2 Å². The molecule has 1 fully saturated rings. The number of phenolic OH excluding ortho intramolecular Hbond substituents is 1. The third kappa shape index (κ3) is 4.68. The molecule has 190 valence electrons. The fourth-order valence-corrected chi connectivity index (χ4v) is 4.99. The summed E-state index contributed by atoms with van der Waals surface area (Å²) < 4.78 is 21.5. The lowest BCUT2D eigenvalue weighted by molar-refractivity contribution is 0.0695. The Bertz CT molecular complexity index is 1590. The zero-order valence-electron chi connectivity index (χ0n) is 19.2. The number of carboxylic acids is 1. The number of pyridine rings is 2. The molecule has 0 radical (unpaired) electrons. The van der Waals surface area contributed by atoms with Gasteiger partial charge in [-0.15, -0.1) is 0 Å². The van der Waals surface area contributed by atoms with Crippen LogP contribution in [0.25, 0.3) is 16.6 Å². The van der Waals surface area contributed by atoms with Crippen LogP contribution in [-0.4, -0.2) is 44.9 Å². The van der Waals surface area contributed by atoms with Crippen LogP contribution >= 0.6 is 23.2 Å². The summed E-state index contributed by atoms with van der Waals surface area (Å²) in [5.74, 6) is -2.54. The molecule has 2 aromatic carbocycles. The maximum Gasteiger partial charge on any atom is 0.341 e. The fraction of sp³-hybridized carbons (Fsp3) is 0.192. The molecule has 0 saturated carbocycles. The Balaban J connectivity index is 1.61. The van der Waals surface area contributed by atoms with E-state index in [1.54, 1.807) is 24.4 Å². The number of aromatic carboxylic acids is 1. The number of rotatable bonds is 6. The van der Waals surface area contributed by atoms with Crippen molar-refractivity contribution in [2.45, 2.75) is 18.9 Å². The first kappa shape index (κ1) is 24.9. The van der Waals surface area contributed by atoms with Crippen LogP contribution < -0.4 is 15.1 Å². The van der Waals surface area contributed by atoms with E-state index in [1.807, 2.05) is 0 Å². The number of benzene rings is 2. The van der Waals surface area contributed by atoms with Gasteiger partial charge in [0.05, 0.1) is 22.3 Å². The number of anilines is 1. The maximum atomic E-state index is 14.2. The van der Waals surface area contributed by atoms with Gasteiger partial charge in [0.1, 0.15) is 17.2 Å². The Kier molecular flexibility index (Phi) is 6.66. The number of hydrogen-bond acceptors (Lipinski definition) is 6. The molecule has 5 rings (SSSR count). The Morgan fingerprint density at radius 2 is 2.00 bits per heavy atom. The van der Waals surface area contributed by atoms with Gasteiger partial charge in [0, 0.05) is 36.1 Å². The number of carbonyl (C=O) groups is 1. The molecule has 0 amide bonds. The number of aromatic hydroxyl groups is 1. The average molecular weight is 544 g/mol. The summed E-state index contributed by atoms with van der Waals surface area (Å²) in [6.07, 6.45) is 4.41. The van der Waals surface area contributed by atoms with Crippen molar-refractivity contribution in [3.05, 3.63) is 86.5 Å². The molecule has 37 heavy (non-hydrogen) atoms. The highest BCUT2D eigenvalue weighted by atomic mass is 35.5. The molecule has 1 atom stereocenters. The predicted octanol–water partition coefficient (Wildman–Crippen LogP) is 5.28. The smallest absolute Gasteiger partial charge is 0.341 e. The van der Waals surface area contributed by atoms with Gasteiger partial charge in [0.15, 0.2) is 11.6 Å². The predicted molar refractivity (Wildman–Crippen MR) is 138 cm³/mol. The van der Waals surface area contributed by atoms with Gasteiger partial charge in [0.2, 0.25) is 11.3 Å². The second kappa shape index (κ2) is 9.91. The maximum absolute atomic E-state index is 14.2.